The third kappa shape index (κ3) is 4.26. The number of nitrogens with zero attached hydrogens (tertiary/aromatic N) is 2. The minimum Gasteiger partial charge on any atom is -0.497 e. The van der Waals surface area contributed by atoms with Crippen molar-refractivity contribution in [3.05, 3.63) is 23.8 Å². The number of rotatable bonds is 8. The van der Waals surface area contributed by atoms with Gasteiger partial charge in [0.05, 0.1) is 19.4 Å². The van der Waals surface area contributed by atoms with Crippen LogP contribution < -0.4 is 15.4 Å². The van der Waals surface area contributed by atoms with E-state index in [1.807, 2.05) is 6.07 Å². The molecule has 0 bridgehead atoms. The summed E-state index contributed by atoms with van der Waals surface area (Å²) in [7, 11) is 3.29. The summed E-state index contributed by atoms with van der Waals surface area (Å²) in [5.41, 5.74) is 7.34. The Hall–Kier alpha value is -1.95. The first kappa shape index (κ1) is 17.1. The van der Waals surface area contributed by atoms with Gasteiger partial charge in [0.15, 0.2) is 5.84 Å². The lowest BCUT2D eigenvalue weighted by Crippen LogP contribution is -2.37. The van der Waals surface area contributed by atoms with Crippen LogP contribution in [0.15, 0.2) is 23.4 Å². The Labute approximate surface area is 126 Å². The number of nitrogens with two attached hydrogens (primary N) is 1. The van der Waals surface area contributed by atoms with E-state index in [4.69, 9.17) is 20.4 Å². The molecule has 0 saturated carbocycles. The molecule has 1 rings (SSSR count). The highest BCUT2D eigenvalue weighted by atomic mass is 16.5. The Morgan fingerprint density at radius 1 is 1.43 bits per heavy atom. The molecular weight excluding hydrogens is 270 g/mol. The van der Waals surface area contributed by atoms with Crippen molar-refractivity contribution in [2.24, 2.45) is 10.9 Å². The highest BCUT2D eigenvalue weighted by molar-refractivity contribution is 6.02. The van der Waals surface area contributed by atoms with Crippen molar-refractivity contribution < 1.29 is 14.7 Å². The van der Waals surface area contributed by atoms with Crippen LogP contribution in [-0.2, 0) is 4.74 Å². The highest BCUT2D eigenvalue weighted by Gasteiger charge is 2.19. The minimum absolute atomic E-state index is 0.0818. The van der Waals surface area contributed by atoms with Gasteiger partial charge in [-0.3, -0.25) is 0 Å². The van der Waals surface area contributed by atoms with E-state index in [1.54, 1.807) is 26.4 Å². The third-order valence-electron chi connectivity index (χ3n) is 3.56. The van der Waals surface area contributed by atoms with Crippen LogP contribution in [0.5, 0.6) is 5.75 Å². The maximum atomic E-state index is 8.98. The molecule has 3 N–H and O–H groups in total. The lowest BCUT2D eigenvalue weighted by molar-refractivity contribution is 0.203. The highest BCUT2D eigenvalue weighted by Crippen LogP contribution is 2.28. The van der Waals surface area contributed by atoms with Crippen molar-refractivity contribution in [1.29, 1.82) is 0 Å². The molecule has 0 heterocycles. The molecule has 118 valence electrons. The molecule has 1 atom stereocenters. The number of hydrogen-bond donors (Lipinski definition) is 2. The van der Waals surface area contributed by atoms with Gasteiger partial charge in [-0.05, 0) is 25.5 Å². The van der Waals surface area contributed by atoms with Gasteiger partial charge in [0.25, 0.3) is 0 Å². The van der Waals surface area contributed by atoms with E-state index in [0.29, 0.717) is 18.7 Å². The summed E-state index contributed by atoms with van der Waals surface area (Å²) in [4.78, 5) is 2.18. The van der Waals surface area contributed by atoms with Gasteiger partial charge in [-0.2, -0.15) is 0 Å². The van der Waals surface area contributed by atoms with Crippen molar-refractivity contribution in [2.45, 2.75) is 26.3 Å². The molecule has 0 radical (unpaired) electrons. The number of benzene rings is 1. The van der Waals surface area contributed by atoms with E-state index in [2.05, 4.69) is 23.9 Å². The fourth-order valence-electron chi connectivity index (χ4n) is 2.13. The molecule has 1 unspecified atom stereocenters. The van der Waals surface area contributed by atoms with Crippen LogP contribution in [-0.4, -0.2) is 44.5 Å². The lowest BCUT2D eigenvalue weighted by Gasteiger charge is -2.32. The molecule has 1 aromatic rings. The van der Waals surface area contributed by atoms with Crippen molar-refractivity contribution in [3.8, 4) is 5.75 Å². The molecular formula is C15H25N3O3. The predicted octanol–water partition coefficient (Wildman–Crippen LogP) is 2.04. The van der Waals surface area contributed by atoms with Gasteiger partial charge in [0, 0.05) is 31.3 Å². The Bertz CT molecular complexity index is 477. The molecule has 6 heteroatoms. The van der Waals surface area contributed by atoms with Crippen molar-refractivity contribution in [3.63, 3.8) is 0 Å². The van der Waals surface area contributed by atoms with Crippen LogP contribution in [0.1, 0.15) is 25.8 Å². The Morgan fingerprint density at radius 3 is 2.67 bits per heavy atom. The zero-order valence-corrected chi connectivity index (χ0v) is 13.2. The van der Waals surface area contributed by atoms with Gasteiger partial charge in [-0.25, -0.2) is 0 Å². The summed E-state index contributed by atoms with van der Waals surface area (Å²) < 4.78 is 10.5. The van der Waals surface area contributed by atoms with Gasteiger partial charge in [0.2, 0.25) is 0 Å². The summed E-state index contributed by atoms with van der Waals surface area (Å²) in [6.07, 6.45) is 0.969. The van der Waals surface area contributed by atoms with Gasteiger partial charge in [-0.1, -0.05) is 12.1 Å². The first-order valence-corrected chi connectivity index (χ1v) is 7.00. The predicted molar refractivity (Wildman–Crippen MR) is 84.5 cm³/mol. The molecule has 0 aliphatic carbocycles. The van der Waals surface area contributed by atoms with Crippen LogP contribution in [0.25, 0.3) is 0 Å². The van der Waals surface area contributed by atoms with Crippen LogP contribution in [0, 0.1) is 0 Å². The van der Waals surface area contributed by atoms with E-state index >= 15 is 0 Å². The largest absolute Gasteiger partial charge is 0.497 e. The van der Waals surface area contributed by atoms with Crippen molar-refractivity contribution >= 4 is 11.5 Å². The van der Waals surface area contributed by atoms with E-state index < -0.39 is 0 Å². The molecule has 0 aromatic heterocycles. The fraction of sp³-hybridized carbons (Fsp3) is 0.533. The average molecular weight is 295 g/mol. The number of oxime groups is 1. The van der Waals surface area contributed by atoms with Crippen LogP contribution >= 0.6 is 0 Å². The topological polar surface area (TPSA) is 80.3 Å². The monoisotopic (exact) mass is 295 g/mol. The third-order valence-corrected chi connectivity index (χ3v) is 3.56. The number of ether oxygens (including phenoxy) is 2. The van der Waals surface area contributed by atoms with Crippen LogP contribution in [0.2, 0.25) is 0 Å². The van der Waals surface area contributed by atoms with E-state index in [0.717, 1.165) is 17.9 Å². The number of hydrogen-bond acceptors (Lipinski definition) is 5. The smallest absolute Gasteiger partial charge is 0.172 e. The van der Waals surface area contributed by atoms with Crippen molar-refractivity contribution in [2.75, 3.05) is 32.3 Å². The maximum Gasteiger partial charge on any atom is 0.172 e. The molecule has 0 aliphatic rings. The zero-order valence-electron chi connectivity index (χ0n) is 13.2. The molecule has 0 amide bonds. The van der Waals surface area contributed by atoms with Gasteiger partial charge < -0.3 is 25.3 Å². The molecule has 0 aliphatic heterocycles. The molecule has 21 heavy (non-hydrogen) atoms. The van der Waals surface area contributed by atoms with E-state index in [1.165, 1.54) is 0 Å². The SMILES string of the molecule is CCC(C)N(CCOC)c1cc(OC)ccc1/C(N)=N/O. The fourth-order valence-corrected chi connectivity index (χ4v) is 2.13. The standard InChI is InChI=1S/C15H25N3O3/c1-5-11(2)18(8-9-20-3)14-10-12(21-4)6-7-13(14)15(16)17-19/h6-7,10-11,19H,5,8-9H2,1-4H3,(H2,16,17). The Morgan fingerprint density at radius 2 is 2.14 bits per heavy atom. The quantitative estimate of drug-likeness (QED) is 0.332. The lowest BCUT2D eigenvalue weighted by atomic mass is 10.1. The Balaban J connectivity index is 3.30. The normalized spacial score (nSPS) is 13.0. The van der Waals surface area contributed by atoms with Crippen LogP contribution in [0.4, 0.5) is 5.69 Å². The molecule has 6 nitrogen and oxygen atoms in total. The van der Waals surface area contributed by atoms with Crippen LogP contribution in [0.3, 0.4) is 0 Å². The molecule has 1 aromatic carbocycles. The first-order valence-electron chi connectivity index (χ1n) is 7.00. The Kier molecular flexibility index (Phi) is 6.81. The maximum absolute atomic E-state index is 8.98. The van der Waals surface area contributed by atoms with Gasteiger partial charge in [-0.15, -0.1) is 0 Å². The molecule has 0 saturated heterocycles. The number of amidine groups is 1. The van der Waals surface area contributed by atoms with Gasteiger partial charge in [0.1, 0.15) is 5.75 Å². The number of anilines is 1. The second-order valence-corrected chi connectivity index (χ2v) is 4.81. The molecule has 0 fully saturated rings. The second kappa shape index (κ2) is 8.36. The summed E-state index contributed by atoms with van der Waals surface area (Å²) >= 11 is 0. The average Bonchev–Trinajstić information content (AvgIpc) is 2.53. The zero-order chi connectivity index (χ0) is 15.8. The number of methoxy groups -OCH3 is 2. The summed E-state index contributed by atoms with van der Waals surface area (Å²) in [6, 6.07) is 5.78. The van der Waals surface area contributed by atoms with E-state index in [9.17, 15) is 0 Å². The molecule has 0 spiro atoms. The minimum atomic E-state index is 0.0818. The summed E-state index contributed by atoms with van der Waals surface area (Å²) in [6.45, 7) is 5.56. The van der Waals surface area contributed by atoms with Gasteiger partial charge >= 0.3 is 0 Å². The van der Waals surface area contributed by atoms with Crippen molar-refractivity contribution in [1.82, 2.24) is 0 Å². The van der Waals surface area contributed by atoms with E-state index in [-0.39, 0.29) is 11.9 Å². The second-order valence-electron chi connectivity index (χ2n) is 4.81. The summed E-state index contributed by atoms with van der Waals surface area (Å²) in [5, 5.41) is 12.1. The summed E-state index contributed by atoms with van der Waals surface area (Å²) in [5.74, 6) is 0.809. The first-order chi connectivity index (χ1) is 10.1.